The molecule has 5 heterocycles. The van der Waals surface area contributed by atoms with Gasteiger partial charge in [0.25, 0.3) is 11.7 Å². The van der Waals surface area contributed by atoms with Gasteiger partial charge in [0.2, 0.25) is 5.43 Å². The number of rotatable bonds is 6. The zero-order valence-corrected chi connectivity index (χ0v) is 43.5. The van der Waals surface area contributed by atoms with E-state index in [2.05, 4.69) is 5.32 Å². The second kappa shape index (κ2) is 21.2. The third-order valence-corrected chi connectivity index (χ3v) is 15.0. The monoisotopic (exact) mass is 1050 g/mol. The average Bonchev–Trinajstić information content (AvgIpc) is 3.62. The molecule has 19 nitrogen and oxygen atoms in total. The number of carboxylic acid groups (broad SMARTS) is 1. The Balaban J connectivity index is 1.38. The maximum absolute atomic E-state index is 16.7. The van der Waals surface area contributed by atoms with Crippen LogP contribution < -0.4 is 25.3 Å². The molecule has 1 amide bonds. The molecule has 4 aliphatic rings. The fourth-order valence-corrected chi connectivity index (χ4v) is 10.6. The van der Waals surface area contributed by atoms with Gasteiger partial charge in [-0.15, -0.1) is 0 Å². The molecule has 1 unspecified atom stereocenters. The number of amides is 1. The highest BCUT2D eigenvalue weighted by molar-refractivity contribution is 6.23. The third kappa shape index (κ3) is 9.72. The van der Waals surface area contributed by atoms with Crippen LogP contribution in [0.2, 0.25) is 0 Å². The quantitative estimate of drug-likeness (QED) is 0.0596. The smallest absolute Gasteiger partial charge is 0.341 e. The molecular formula is C54H64F2N4O15. The Kier molecular flexibility index (Phi) is 15.7. The molecule has 1 aromatic heterocycles. The van der Waals surface area contributed by atoms with Crippen molar-refractivity contribution in [1.29, 1.82) is 0 Å². The number of esters is 1. The molecule has 404 valence electrons. The zero-order valence-electron chi connectivity index (χ0n) is 43.5. The minimum Gasteiger partial charge on any atom is -0.507 e. The maximum atomic E-state index is 16.7. The summed E-state index contributed by atoms with van der Waals surface area (Å²) in [4.78, 5) is 69.4. The van der Waals surface area contributed by atoms with Gasteiger partial charge in [0.1, 0.15) is 51.8 Å². The normalized spacial score (nSPS) is 28.4. The molecule has 0 aliphatic carbocycles. The van der Waals surface area contributed by atoms with E-state index in [1.165, 1.54) is 67.4 Å². The molecule has 0 spiro atoms. The number of aromatic carboxylic acids is 1. The van der Waals surface area contributed by atoms with Gasteiger partial charge in [0.05, 0.1) is 46.4 Å². The van der Waals surface area contributed by atoms with Crippen LogP contribution in [0, 0.1) is 42.2 Å². The predicted octanol–water partition coefficient (Wildman–Crippen LogP) is 6.78. The van der Waals surface area contributed by atoms with Gasteiger partial charge in [-0.1, -0.05) is 45.9 Å². The first-order valence-corrected chi connectivity index (χ1v) is 24.6. The van der Waals surface area contributed by atoms with Gasteiger partial charge >= 0.3 is 17.7 Å². The van der Waals surface area contributed by atoms with Crippen molar-refractivity contribution in [3.05, 3.63) is 87.0 Å². The van der Waals surface area contributed by atoms with E-state index < -0.39 is 146 Å². The molecule has 21 heteroatoms. The summed E-state index contributed by atoms with van der Waals surface area (Å²) >= 11 is 0. The highest BCUT2D eigenvalue weighted by Gasteiger charge is 2.50. The Morgan fingerprint density at radius 2 is 1.60 bits per heavy atom. The van der Waals surface area contributed by atoms with Crippen molar-refractivity contribution in [3.63, 3.8) is 0 Å². The van der Waals surface area contributed by atoms with E-state index in [4.69, 9.17) is 18.9 Å². The van der Waals surface area contributed by atoms with Crippen molar-refractivity contribution in [1.82, 2.24) is 4.57 Å². The topological polar surface area (TPSA) is 267 Å². The van der Waals surface area contributed by atoms with E-state index in [9.17, 15) is 54.6 Å². The summed E-state index contributed by atoms with van der Waals surface area (Å²) in [5.41, 5.74) is -3.52. The molecule has 0 radical (unpaired) electrons. The fourth-order valence-electron chi connectivity index (χ4n) is 10.6. The summed E-state index contributed by atoms with van der Waals surface area (Å²) in [6.07, 6.45) is 3.94. The number of ketones is 1. The standard InChI is InChI=1S/C54H64F2N4O15/c1-12-58-22-32(53(70)71)46(65)31-20-33(55)41(38(56)40(31)58)59-17-18-60(25(4)21-59)42-39-47(66)36-35(48(42)67)37-50(29(8)45(36)64)75-54(10,51(37)68)73-19-16-34(72-11)26(5)49(74-30(9)61)28(7)44(63)27(6)43(62)23(2)14-13-15-24(3)52(69)57-39/h13-16,19-20,22-23,25-28,34,43-44,49,62-64,66-67H,12,17-18,21H2,1-11H3,(H,57,69)(H,70,71)/b14-13+,19-16+,24-15-/t23-,25?,26+,27+,28+,34-,43-,44+,49+,54-/m0/s1. The Labute approximate surface area is 430 Å². The number of phenols is 3. The third-order valence-electron chi connectivity index (χ3n) is 15.0. The molecule has 8 rings (SSSR count). The number of carbonyl (C=O) groups excluding carboxylic acids is 3. The average molecular weight is 1050 g/mol. The van der Waals surface area contributed by atoms with Crippen LogP contribution >= 0.6 is 0 Å². The Hall–Kier alpha value is -7.23. The maximum Gasteiger partial charge on any atom is 0.341 e. The Bertz CT molecular complexity index is 3150. The van der Waals surface area contributed by atoms with Crippen LogP contribution in [0.3, 0.4) is 0 Å². The molecule has 0 saturated carbocycles. The summed E-state index contributed by atoms with van der Waals surface area (Å²) in [6.45, 7) is 14.8. The fraction of sp³-hybridized carbons (Fsp3) is 0.463. The lowest BCUT2D eigenvalue weighted by molar-refractivity contribution is -0.160. The number of anilines is 3. The second-order valence-electron chi connectivity index (χ2n) is 19.9. The van der Waals surface area contributed by atoms with Crippen molar-refractivity contribution in [2.24, 2.45) is 23.7 Å². The lowest BCUT2D eigenvalue weighted by Crippen LogP contribution is -2.53. The SMILES string of the molecule is CCn1cc(C(=O)O)c(=O)c2cc(F)c(N3CCN(c4c5c(O)c6c(O)c(C)c7c(c6c4O)C(=O)[C@@](C)(O/C=C/[C@H](OC)[C@@H](C)[C@@H](OC(C)=O)[C@H](C)[C@H](O)[C@H](C)[C@@H](O)[C@@H](C)/C=C/C=C(/C)C(=O)N5)O7)C(C)C3)c(F)c21. The Morgan fingerprint density at radius 3 is 2.21 bits per heavy atom. The number of aromatic hydroxyl groups is 3. The number of allylic oxidation sites excluding steroid dienone is 2. The van der Waals surface area contributed by atoms with Gasteiger partial charge in [0, 0.05) is 99.6 Å². The van der Waals surface area contributed by atoms with Crippen LogP contribution in [0.4, 0.5) is 25.8 Å². The van der Waals surface area contributed by atoms with E-state index in [1.807, 2.05) is 0 Å². The molecular weight excluding hydrogens is 983 g/mol. The van der Waals surface area contributed by atoms with Crippen molar-refractivity contribution in [3.8, 4) is 23.0 Å². The Morgan fingerprint density at radius 1 is 0.920 bits per heavy atom. The number of phenolic OH excluding ortho intramolecular Hbond substituents is 3. The zero-order chi connectivity index (χ0) is 55.4. The molecule has 3 aromatic carbocycles. The van der Waals surface area contributed by atoms with E-state index in [0.717, 1.165) is 18.5 Å². The molecule has 10 atom stereocenters. The number of Topliss-reactive ketones (excluding diaryl/α,β-unsaturated/α-hetero) is 1. The van der Waals surface area contributed by atoms with Gasteiger partial charge in [0.15, 0.2) is 11.6 Å². The minimum atomic E-state index is -2.18. The number of nitrogens with one attached hydrogen (secondary N) is 1. The number of halogens is 2. The molecule has 1 saturated heterocycles. The minimum absolute atomic E-state index is 0.0284. The van der Waals surface area contributed by atoms with Crippen LogP contribution in [0.25, 0.3) is 21.7 Å². The number of hydrogen-bond acceptors (Lipinski definition) is 16. The number of methoxy groups -OCH3 is 1. The number of hydrogen-bond donors (Lipinski definition) is 7. The second-order valence-corrected chi connectivity index (χ2v) is 19.9. The van der Waals surface area contributed by atoms with Gasteiger partial charge in [-0.25, -0.2) is 13.6 Å². The number of aliphatic hydroxyl groups excluding tert-OH is 2. The summed E-state index contributed by atoms with van der Waals surface area (Å²) in [7, 11) is 1.39. The van der Waals surface area contributed by atoms with Crippen LogP contribution in [0.15, 0.2) is 53.2 Å². The number of aromatic nitrogens is 1. The van der Waals surface area contributed by atoms with Gasteiger partial charge in [-0.2, -0.15) is 0 Å². The van der Waals surface area contributed by atoms with Gasteiger partial charge in [-0.05, 0) is 39.8 Å². The number of ether oxygens (including phenoxy) is 4. The molecule has 75 heavy (non-hydrogen) atoms. The molecule has 1 fully saturated rings. The van der Waals surface area contributed by atoms with Crippen molar-refractivity contribution >= 4 is 62.4 Å². The lowest BCUT2D eigenvalue weighted by Gasteiger charge is -2.43. The first-order valence-electron chi connectivity index (χ1n) is 24.6. The molecule has 4 aliphatic heterocycles. The number of carbonyl (C=O) groups is 4. The van der Waals surface area contributed by atoms with Gasteiger partial charge < -0.3 is 69.3 Å². The van der Waals surface area contributed by atoms with Crippen molar-refractivity contribution in [2.75, 3.05) is 41.9 Å². The summed E-state index contributed by atoms with van der Waals surface area (Å²) in [5, 5.41) is 71.0. The largest absolute Gasteiger partial charge is 0.507 e. The highest BCUT2D eigenvalue weighted by atomic mass is 19.1. The summed E-state index contributed by atoms with van der Waals surface area (Å²) in [6, 6.07) is -0.0469. The number of benzene rings is 3. The van der Waals surface area contributed by atoms with E-state index >= 15 is 8.78 Å². The first kappa shape index (κ1) is 55.5. The summed E-state index contributed by atoms with van der Waals surface area (Å²) in [5.74, 6) is -13.4. The van der Waals surface area contributed by atoms with Crippen molar-refractivity contribution < 1.29 is 77.5 Å². The molecule has 4 aromatic rings. The number of aryl methyl sites for hydroxylation is 1. The highest BCUT2D eigenvalue weighted by Crippen LogP contribution is 2.58. The molecule has 7 N–H and O–H groups in total. The number of piperazine rings is 1. The van der Waals surface area contributed by atoms with E-state index in [1.54, 1.807) is 47.6 Å². The van der Waals surface area contributed by atoms with Crippen LogP contribution in [-0.4, -0.2) is 122 Å². The van der Waals surface area contributed by atoms with Crippen molar-refractivity contribution in [2.45, 2.75) is 112 Å². The lowest BCUT2D eigenvalue weighted by atomic mass is 9.78. The number of nitrogens with zero attached hydrogens (tertiary/aromatic N) is 3. The number of fused-ring (bicyclic) bond motifs is 15. The van der Waals surface area contributed by atoms with Crippen LogP contribution in [0.5, 0.6) is 23.0 Å². The van der Waals surface area contributed by atoms with E-state index in [0.29, 0.717) is 0 Å². The first-order chi connectivity index (χ1) is 35.2. The number of aliphatic hydroxyl groups is 2. The predicted molar refractivity (Wildman–Crippen MR) is 274 cm³/mol. The van der Waals surface area contributed by atoms with Gasteiger partial charge in [-0.3, -0.25) is 19.2 Å². The number of carboxylic acids is 1. The summed E-state index contributed by atoms with van der Waals surface area (Å²) < 4.78 is 57.8. The van der Waals surface area contributed by atoms with E-state index in [-0.39, 0.29) is 65.2 Å². The number of pyridine rings is 1. The van der Waals surface area contributed by atoms with Crippen LogP contribution in [0.1, 0.15) is 88.6 Å². The van der Waals surface area contributed by atoms with Crippen LogP contribution in [-0.2, 0) is 30.3 Å². The molecule has 5 bridgehead atoms.